The first kappa shape index (κ1) is 22.9. The fourth-order valence-corrected chi connectivity index (χ4v) is 4.21. The minimum absolute atomic E-state index is 0.0365. The number of rotatable bonds is 9. The van der Waals surface area contributed by atoms with Gasteiger partial charge >= 0.3 is 0 Å². The van der Waals surface area contributed by atoms with Crippen molar-refractivity contribution in [1.82, 2.24) is 20.9 Å². The lowest BCUT2D eigenvalue weighted by Gasteiger charge is -2.22. The Labute approximate surface area is 194 Å². The summed E-state index contributed by atoms with van der Waals surface area (Å²) in [6.45, 7) is 1.68. The van der Waals surface area contributed by atoms with Crippen molar-refractivity contribution in [3.63, 3.8) is 0 Å². The zero-order chi connectivity index (χ0) is 23.0. The van der Waals surface area contributed by atoms with Crippen LogP contribution in [0.4, 0.5) is 0 Å². The number of fused-ring (bicyclic) bond motifs is 1. The normalized spacial score (nSPS) is 18.7. The molecule has 3 aromatic rings. The molecule has 172 valence electrons. The molecule has 1 aliphatic heterocycles. The van der Waals surface area contributed by atoms with Gasteiger partial charge in [0.1, 0.15) is 0 Å². The van der Waals surface area contributed by atoms with E-state index in [4.69, 9.17) is 5.73 Å². The second-order valence-electron chi connectivity index (χ2n) is 8.65. The van der Waals surface area contributed by atoms with Crippen LogP contribution in [-0.2, 0) is 11.2 Å². The molecule has 2 aromatic carbocycles. The van der Waals surface area contributed by atoms with E-state index in [2.05, 4.69) is 33.1 Å². The highest BCUT2D eigenvalue weighted by atomic mass is 16.2. The molecule has 3 atom stereocenters. The number of para-hydroxylation sites is 1. The lowest BCUT2D eigenvalue weighted by atomic mass is 10.0. The lowest BCUT2D eigenvalue weighted by Crippen LogP contribution is -2.49. The molecule has 33 heavy (non-hydrogen) atoms. The number of benzene rings is 2. The first-order valence-electron chi connectivity index (χ1n) is 11.5. The molecule has 7 heteroatoms. The summed E-state index contributed by atoms with van der Waals surface area (Å²) in [5, 5.41) is 10.3. The van der Waals surface area contributed by atoms with Crippen LogP contribution in [0.5, 0.6) is 0 Å². The van der Waals surface area contributed by atoms with Gasteiger partial charge in [0.2, 0.25) is 5.91 Å². The Morgan fingerprint density at radius 1 is 1.12 bits per heavy atom. The zero-order valence-electron chi connectivity index (χ0n) is 18.7. The van der Waals surface area contributed by atoms with E-state index < -0.39 is 0 Å². The zero-order valence-corrected chi connectivity index (χ0v) is 18.7. The fourth-order valence-electron chi connectivity index (χ4n) is 4.21. The van der Waals surface area contributed by atoms with Crippen molar-refractivity contribution < 1.29 is 9.59 Å². The maximum Gasteiger partial charge on any atom is 0.252 e. The highest BCUT2D eigenvalue weighted by Gasteiger charge is 2.29. The number of nitrogens with zero attached hydrogens (tertiary/aromatic N) is 1. The Kier molecular flexibility index (Phi) is 7.65. The summed E-state index contributed by atoms with van der Waals surface area (Å²) in [6.07, 6.45) is 3.86. The molecular weight excluding hydrogens is 414 g/mol. The van der Waals surface area contributed by atoms with E-state index in [1.54, 1.807) is 6.20 Å². The summed E-state index contributed by atoms with van der Waals surface area (Å²) >= 11 is 0. The van der Waals surface area contributed by atoms with E-state index in [1.165, 1.54) is 5.56 Å². The predicted octanol–water partition coefficient (Wildman–Crippen LogP) is 2.02. The number of carbonyl (C=O) groups is 2. The van der Waals surface area contributed by atoms with Gasteiger partial charge in [0.15, 0.2) is 0 Å². The van der Waals surface area contributed by atoms with Gasteiger partial charge in [-0.05, 0) is 56.0 Å². The molecule has 0 aliphatic carbocycles. The van der Waals surface area contributed by atoms with Crippen LogP contribution < -0.4 is 21.7 Å². The van der Waals surface area contributed by atoms with Crippen LogP contribution in [0.25, 0.3) is 10.9 Å². The van der Waals surface area contributed by atoms with Gasteiger partial charge in [0.05, 0.1) is 17.1 Å². The predicted molar refractivity (Wildman–Crippen MR) is 130 cm³/mol. The van der Waals surface area contributed by atoms with E-state index in [0.717, 1.165) is 36.7 Å². The molecular formula is C26H31N5O2. The highest BCUT2D eigenvalue weighted by Crippen LogP contribution is 2.14. The average Bonchev–Trinajstić information content (AvgIpc) is 3.35. The monoisotopic (exact) mass is 445 g/mol. The van der Waals surface area contributed by atoms with Crippen molar-refractivity contribution in [3.8, 4) is 0 Å². The van der Waals surface area contributed by atoms with Crippen molar-refractivity contribution in [2.24, 2.45) is 11.7 Å². The number of aryl methyl sites for hydroxylation is 1. The quantitative estimate of drug-likeness (QED) is 0.403. The first-order chi connectivity index (χ1) is 16.1. The molecule has 0 bridgehead atoms. The second-order valence-corrected chi connectivity index (χ2v) is 8.65. The molecule has 0 radical (unpaired) electrons. The van der Waals surface area contributed by atoms with Crippen LogP contribution in [0.2, 0.25) is 0 Å². The van der Waals surface area contributed by atoms with Gasteiger partial charge in [-0.2, -0.15) is 0 Å². The van der Waals surface area contributed by atoms with Crippen LogP contribution in [0.3, 0.4) is 0 Å². The molecule has 1 aliphatic rings. The molecule has 1 aromatic heterocycles. The number of hydrogen-bond donors (Lipinski definition) is 4. The summed E-state index contributed by atoms with van der Waals surface area (Å²) in [7, 11) is 0. The summed E-state index contributed by atoms with van der Waals surface area (Å²) < 4.78 is 0. The van der Waals surface area contributed by atoms with E-state index in [9.17, 15) is 9.59 Å². The summed E-state index contributed by atoms with van der Waals surface area (Å²) in [6, 6.07) is 19.3. The van der Waals surface area contributed by atoms with Gasteiger partial charge in [0.25, 0.3) is 5.91 Å². The fraction of sp³-hybridized carbons (Fsp3) is 0.346. The van der Waals surface area contributed by atoms with Crippen molar-refractivity contribution in [3.05, 3.63) is 78.0 Å². The largest absolute Gasteiger partial charge is 0.350 e. The van der Waals surface area contributed by atoms with Crippen LogP contribution in [0, 0.1) is 5.92 Å². The SMILES string of the molecule is NC[C@@H]1CN[C@@H](C(=O)N[C@H](CCc2ccccc2)CNC(=O)c2cnc3ccccc3c2)C1. The Morgan fingerprint density at radius 3 is 2.70 bits per heavy atom. The Balaban J connectivity index is 1.39. The topological polar surface area (TPSA) is 109 Å². The minimum atomic E-state index is -0.238. The van der Waals surface area contributed by atoms with Gasteiger partial charge in [-0.3, -0.25) is 14.6 Å². The number of aromatic nitrogens is 1. The van der Waals surface area contributed by atoms with Crippen molar-refractivity contribution in [1.29, 1.82) is 0 Å². The number of amides is 2. The molecule has 7 nitrogen and oxygen atoms in total. The molecule has 2 amide bonds. The van der Waals surface area contributed by atoms with Gasteiger partial charge in [0, 0.05) is 24.2 Å². The second kappa shape index (κ2) is 11.0. The molecule has 0 saturated carbocycles. The highest BCUT2D eigenvalue weighted by molar-refractivity contribution is 5.97. The van der Waals surface area contributed by atoms with Crippen LogP contribution in [0.1, 0.15) is 28.8 Å². The van der Waals surface area contributed by atoms with Crippen LogP contribution >= 0.6 is 0 Å². The number of carbonyl (C=O) groups excluding carboxylic acids is 2. The maximum absolute atomic E-state index is 12.9. The standard InChI is InChI=1S/C26H31N5O2/c27-14-19-12-24(28-15-19)26(33)31-22(11-10-18-6-2-1-3-7-18)17-30-25(32)21-13-20-8-4-5-9-23(20)29-16-21/h1-9,13,16,19,22,24,28H,10-12,14-15,17,27H2,(H,30,32)(H,31,33)/t19-,22-,24-/m1/s1. The third kappa shape index (κ3) is 6.15. The average molecular weight is 446 g/mol. The van der Waals surface area contributed by atoms with E-state index in [0.29, 0.717) is 24.6 Å². The number of pyridine rings is 1. The number of nitrogens with one attached hydrogen (secondary N) is 3. The van der Waals surface area contributed by atoms with Crippen molar-refractivity contribution >= 4 is 22.7 Å². The van der Waals surface area contributed by atoms with Gasteiger partial charge in [-0.25, -0.2) is 0 Å². The molecule has 1 saturated heterocycles. The Morgan fingerprint density at radius 2 is 1.91 bits per heavy atom. The lowest BCUT2D eigenvalue weighted by molar-refractivity contribution is -0.123. The van der Waals surface area contributed by atoms with E-state index >= 15 is 0 Å². The molecule has 0 unspecified atom stereocenters. The number of hydrogen-bond acceptors (Lipinski definition) is 5. The minimum Gasteiger partial charge on any atom is -0.350 e. The smallest absolute Gasteiger partial charge is 0.252 e. The first-order valence-corrected chi connectivity index (χ1v) is 11.5. The molecule has 4 rings (SSSR count). The third-order valence-corrected chi connectivity index (χ3v) is 6.20. The van der Waals surface area contributed by atoms with E-state index in [1.807, 2.05) is 48.5 Å². The van der Waals surface area contributed by atoms with Crippen LogP contribution in [0.15, 0.2) is 66.9 Å². The summed E-state index contributed by atoms with van der Waals surface area (Å²) in [5.74, 6) is 0.0867. The van der Waals surface area contributed by atoms with Gasteiger partial charge < -0.3 is 21.7 Å². The molecule has 1 fully saturated rings. The molecule has 0 spiro atoms. The van der Waals surface area contributed by atoms with Gasteiger partial charge in [-0.1, -0.05) is 48.5 Å². The van der Waals surface area contributed by atoms with Crippen LogP contribution in [-0.4, -0.2) is 48.5 Å². The van der Waals surface area contributed by atoms with Crippen molar-refractivity contribution in [2.45, 2.75) is 31.3 Å². The Hall–Kier alpha value is -3.29. The maximum atomic E-state index is 12.9. The molecule has 2 heterocycles. The summed E-state index contributed by atoms with van der Waals surface area (Å²) in [4.78, 5) is 30.0. The molecule has 5 N–H and O–H groups in total. The van der Waals surface area contributed by atoms with Crippen molar-refractivity contribution in [2.75, 3.05) is 19.6 Å². The Bertz CT molecular complexity index is 1090. The van der Waals surface area contributed by atoms with Gasteiger partial charge in [-0.15, -0.1) is 0 Å². The summed E-state index contributed by atoms with van der Waals surface area (Å²) in [5.41, 5.74) is 8.31. The third-order valence-electron chi connectivity index (χ3n) is 6.20. The number of nitrogens with two attached hydrogens (primary N) is 1. The van der Waals surface area contributed by atoms with E-state index in [-0.39, 0.29) is 23.9 Å².